The van der Waals surface area contributed by atoms with Crippen molar-refractivity contribution in [1.82, 2.24) is 9.62 Å². The lowest BCUT2D eigenvalue weighted by Gasteiger charge is -2.09. The molecular weight excluding hydrogens is 258 g/mol. The van der Waals surface area contributed by atoms with Crippen molar-refractivity contribution in [1.29, 1.82) is 0 Å². The first-order valence-electron chi connectivity index (χ1n) is 5.37. The van der Waals surface area contributed by atoms with Crippen LogP contribution in [0.3, 0.4) is 0 Å². The Morgan fingerprint density at radius 2 is 2.18 bits per heavy atom. The monoisotopic (exact) mass is 277 g/mol. The van der Waals surface area contributed by atoms with Crippen LogP contribution < -0.4 is 10.5 Å². The average Bonchev–Trinajstić information content (AvgIpc) is 2.73. The van der Waals surface area contributed by atoms with Crippen LogP contribution >= 0.6 is 11.3 Å². The van der Waals surface area contributed by atoms with Crippen LogP contribution in [0.5, 0.6) is 0 Å². The van der Waals surface area contributed by atoms with E-state index in [0.29, 0.717) is 18.0 Å². The van der Waals surface area contributed by atoms with Gasteiger partial charge in [-0.2, -0.15) is 0 Å². The van der Waals surface area contributed by atoms with Gasteiger partial charge in [0, 0.05) is 23.3 Å². The molecule has 0 amide bonds. The summed E-state index contributed by atoms with van der Waals surface area (Å²) in [5, 5.41) is 1.62. The number of nitrogens with two attached hydrogens (primary N) is 1. The van der Waals surface area contributed by atoms with E-state index >= 15 is 0 Å². The standard InChI is InChI=1S/C10H19N3O2S2/c1-13(2)5-3-4-12-17(14,15)10-6-9(7-11)16-8-10/h6,8,12H,3-5,7,11H2,1-2H3. The number of hydrogen-bond acceptors (Lipinski definition) is 5. The fraction of sp³-hybridized carbons (Fsp3) is 0.600. The zero-order valence-corrected chi connectivity index (χ0v) is 11.8. The highest BCUT2D eigenvalue weighted by Crippen LogP contribution is 2.18. The van der Waals surface area contributed by atoms with Crippen LogP contribution in [0.15, 0.2) is 16.3 Å². The van der Waals surface area contributed by atoms with E-state index in [1.165, 1.54) is 11.3 Å². The number of rotatable bonds is 7. The number of nitrogens with zero attached hydrogens (tertiary/aromatic N) is 1. The van der Waals surface area contributed by atoms with E-state index < -0.39 is 10.0 Å². The van der Waals surface area contributed by atoms with Crippen molar-refractivity contribution in [2.45, 2.75) is 17.9 Å². The highest BCUT2D eigenvalue weighted by molar-refractivity contribution is 7.89. The van der Waals surface area contributed by atoms with Crippen LogP contribution in [0, 0.1) is 0 Å². The predicted molar refractivity (Wildman–Crippen MR) is 70.6 cm³/mol. The summed E-state index contributed by atoms with van der Waals surface area (Å²) in [6.45, 7) is 1.69. The molecule has 0 saturated heterocycles. The SMILES string of the molecule is CN(C)CCCNS(=O)(=O)c1csc(CN)c1. The van der Waals surface area contributed by atoms with Gasteiger partial charge >= 0.3 is 0 Å². The lowest BCUT2D eigenvalue weighted by Crippen LogP contribution is -2.27. The summed E-state index contributed by atoms with van der Waals surface area (Å²) in [5.74, 6) is 0. The van der Waals surface area contributed by atoms with E-state index in [1.54, 1.807) is 11.4 Å². The van der Waals surface area contributed by atoms with Crippen molar-refractivity contribution in [2.75, 3.05) is 27.2 Å². The quantitative estimate of drug-likeness (QED) is 0.709. The van der Waals surface area contributed by atoms with Gasteiger partial charge in [0.1, 0.15) is 0 Å². The van der Waals surface area contributed by atoms with Gasteiger partial charge in [-0.15, -0.1) is 11.3 Å². The van der Waals surface area contributed by atoms with E-state index in [1.807, 2.05) is 19.0 Å². The number of hydrogen-bond donors (Lipinski definition) is 2. The zero-order valence-electron chi connectivity index (χ0n) is 10.1. The summed E-state index contributed by atoms with van der Waals surface area (Å²) in [5.41, 5.74) is 5.45. The van der Waals surface area contributed by atoms with Gasteiger partial charge in [-0.1, -0.05) is 0 Å². The molecule has 98 valence electrons. The molecule has 3 N–H and O–H groups in total. The normalized spacial score (nSPS) is 12.2. The largest absolute Gasteiger partial charge is 0.326 e. The molecule has 7 heteroatoms. The Morgan fingerprint density at radius 3 is 2.71 bits per heavy atom. The molecule has 0 aliphatic heterocycles. The van der Waals surface area contributed by atoms with Crippen molar-refractivity contribution in [3.63, 3.8) is 0 Å². The second kappa shape index (κ2) is 6.46. The summed E-state index contributed by atoms with van der Waals surface area (Å²) < 4.78 is 26.3. The van der Waals surface area contributed by atoms with Crippen LogP contribution in [0.25, 0.3) is 0 Å². The lowest BCUT2D eigenvalue weighted by molar-refractivity contribution is 0.400. The molecule has 0 spiro atoms. The van der Waals surface area contributed by atoms with Gasteiger partial charge in [0.25, 0.3) is 0 Å². The van der Waals surface area contributed by atoms with Crippen LogP contribution in [0.2, 0.25) is 0 Å². The first-order valence-corrected chi connectivity index (χ1v) is 7.74. The Balaban J connectivity index is 2.51. The van der Waals surface area contributed by atoms with Gasteiger partial charge in [-0.05, 0) is 33.1 Å². The maximum atomic E-state index is 11.8. The fourth-order valence-corrected chi connectivity index (χ4v) is 3.52. The Labute approximate surface area is 107 Å². The van der Waals surface area contributed by atoms with Crippen LogP contribution in [-0.2, 0) is 16.6 Å². The number of sulfonamides is 1. The Morgan fingerprint density at radius 1 is 1.47 bits per heavy atom. The van der Waals surface area contributed by atoms with Gasteiger partial charge in [0.05, 0.1) is 4.90 Å². The highest BCUT2D eigenvalue weighted by Gasteiger charge is 2.14. The molecule has 1 rings (SSSR count). The molecule has 0 radical (unpaired) electrons. The maximum Gasteiger partial charge on any atom is 0.241 e. The molecule has 0 saturated carbocycles. The summed E-state index contributed by atoms with van der Waals surface area (Å²) in [7, 11) is 0.557. The Hall–Kier alpha value is -0.470. The summed E-state index contributed by atoms with van der Waals surface area (Å²) >= 11 is 1.37. The van der Waals surface area contributed by atoms with Gasteiger partial charge in [0.15, 0.2) is 0 Å². The average molecular weight is 277 g/mol. The van der Waals surface area contributed by atoms with Crippen molar-refractivity contribution in [3.05, 3.63) is 16.3 Å². The van der Waals surface area contributed by atoms with E-state index in [4.69, 9.17) is 5.73 Å². The number of nitrogens with one attached hydrogen (secondary N) is 1. The van der Waals surface area contributed by atoms with Crippen molar-refractivity contribution in [3.8, 4) is 0 Å². The fourth-order valence-electron chi connectivity index (χ4n) is 1.29. The molecule has 0 unspecified atom stereocenters. The zero-order chi connectivity index (χ0) is 12.9. The molecule has 0 aromatic carbocycles. The molecule has 0 aliphatic rings. The topological polar surface area (TPSA) is 75.4 Å². The van der Waals surface area contributed by atoms with E-state index in [0.717, 1.165) is 17.8 Å². The van der Waals surface area contributed by atoms with E-state index in [9.17, 15) is 8.42 Å². The van der Waals surface area contributed by atoms with Crippen molar-refractivity contribution < 1.29 is 8.42 Å². The smallest absolute Gasteiger partial charge is 0.241 e. The van der Waals surface area contributed by atoms with Gasteiger partial charge in [0.2, 0.25) is 10.0 Å². The lowest BCUT2D eigenvalue weighted by atomic mass is 10.4. The van der Waals surface area contributed by atoms with Crippen LogP contribution in [0.4, 0.5) is 0 Å². The first kappa shape index (κ1) is 14.6. The molecule has 0 atom stereocenters. The minimum absolute atomic E-state index is 0.313. The van der Waals surface area contributed by atoms with Crippen LogP contribution in [0.1, 0.15) is 11.3 Å². The molecule has 0 bridgehead atoms. The maximum absolute atomic E-state index is 11.8. The molecule has 5 nitrogen and oxygen atoms in total. The molecule has 0 aliphatic carbocycles. The molecule has 1 aromatic heterocycles. The Kier molecular flexibility index (Phi) is 5.54. The molecule has 1 heterocycles. The molecular formula is C10H19N3O2S2. The third-order valence-corrected chi connectivity index (χ3v) is 4.76. The van der Waals surface area contributed by atoms with Crippen LogP contribution in [-0.4, -0.2) is 40.5 Å². The first-order chi connectivity index (χ1) is 7.95. The predicted octanol–water partition coefficient (Wildman–Crippen LogP) is 0.437. The Bertz CT molecular complexity index is 440. The van der Waals surface area contributed by atoms with E-state index in [-0.39, 0.29) is 0 Å². The molecule has 1 aromatic rings. The number of thiophene rings is 1. The minimum atomic E-state index is -3.36. The van der Waals surface area contributed by atoms with Crippen molar-refractivity contribution >= 4 is 21.4 Å². The van der Waals surface area contributed by atoms with Crippen molar-refractivity contribution in [2.24, 2.45) is 5.73 Å². The summed E-state index contributed by atoms with van der Waals surface area (Å²) in [4.78, 5) is 3.21. The second-order valence-electron chi connectivity index (χ2n) is 4.01. The summed E-state index contributed by atoms with van der Waals surface area (Å²) in [6.07, 6.45) is 0.792. The van der Waals surface area contributed by atoms with Gasteiger partial charge in [-0.25, -0.2) is 13.1 Å². The minimum Gasteiger partial charge on any atom is -0.326 e. The molecule has 17 heavy (non-hydrogen) atoms. The highest BCUT2D eigenvalue weighted by atomic mass is 32.2. The van der Waals surface area contributed by atoms with Gasteiger partial charge < -0.3 is 10.6 Å². The third-order valence-electron chi connectivity index (χ3n) is 2.22. The summed E-state index contributed by atoms with van der Waals surface area (Å²) in [6, 6.07) is 1.62. The van der Waals surface area contributed by atoms with Gasteiger partial charge in [-0.3, -0.25) is 0 Å². The third kappa shape index (κ3) is 4.72. The second-order valence-corrected chi connectivity index (χ2v) is 6.77. The van der Waals surface area contributed by atoms with E-state index in [2.05, 4.69) is 4.72 Å². The molecule has 0 fully saturated rings.